The van der Waals surface area contributed by atoms with Crippen LogP contribution in [0.5, 0.6) is 0 Å². The number of Topliss-reactive ketones (excluding diaryl/α,β-unsaturated/α-hetero) is 1. The third kappa shape index (κ3) is 3.52. The summed E-state index contributed by atoms with van der Waals surface area (Å²) in [4.78, 5) is 14.7. The van der Waals surface area contributed by atoms with Gasteiger partial charge in [-0.15, -0.1) is 0 Å². The Morgan fingerprint density at radius 3 is 2.48 bits per heavy atom. The lowest BCUT2D eigenvalue weighted by Gasteiger charge is -2.58. The van der Waals surface area contributed by atoms with Gasteiger partial charge in [0.05, 0.1) is 12.7 Å². The Bertz CT molecular complexity index is 534. The summed E-state index contributed by atoms with van der Waals surface area (Å²) in [5, 5.41) is 0. The molecule has 1 spiro atoms. The number of likely N-dealkylation sites (tertiary alicyclic amines) is 1. The smallest absolute Gasteiger partial charge is 0.135 e. The summed E-state index contributed by atoms with van der Waals surface area (Å²) in [7, 11) is 0. The highest BCUT2D eigenvalue weighted by Crippen LogP contribution is 2.61. The quantitative estimate of drug-likeness (QED) is 0.647. The van der Waals surface area contributed by atoms with Crippen LogP contribution in [0.2, 0.25) is 0 Å². The van der Waals surface area contributed by atoms with Crippen LogP contribution in [0.4, 0.5) is 0 Å². The predicted octanol–water partition coefficient (Wildman–Crippen LogP) is 5.12. The highest BCUT2D eigenvalue weighted by molar-refractivity contribution is 5.84. The first kappa shape index (κ1) is 18.6. The molecule has 0 amide bonds. The molecule has 4 saturated carbocycles. The molecule has 3 nitrogen and oxygen atoms in total. The molecule has 0 N–H and O–H groups in total. The van der Waals surface area contributed by atoms with Gasteiger partial charge < -0.3 is 4.74 Å². The SMILES string of the molecule is O=C1CC2N(CCOC3CCC(CC4CCCCC4)CC3)C3CCCC32C1. The molecular formula is C24H39NO2. The number of ketones is 1. The lowest BCUT2D eigenvalue weighted by atomic mass is 9.68. The van der Waals surface area contributed by atoms with Gasteiger partial charge in [0.15, 0.2) is 0 Å². The van der Waals surface area contributed by atoms with Crippen molar-refractivity contribution in [1.82, 2.24) is 4.90 Å². The Kier molecular flexibility index (Phi) is 5.36. The lowest BCUT2D eigenvalue weighted by molar-refractivity contribution is -0.119. The highest BCUT2D eigenvalue weighted by Gasteiger charge is 2.65. The van der Waals surface area contributed by atoms with E-state index in [1.165, 1.54) is 83.5 Å². The summed E-state index contributed by atoms with van der Waals surface area (Å²) in [6.07, 6.45) is 20.5. The Labute approximate surface area is 165 Å². The minimum atomic E-state index is 0.397. The number of carbonyl (C=O) groups excluding carboxylic acids is 1. The number of ether oxygens (including phenoxy) is 1. The molecule has 1 saturated heterocycles. The number of hydrogen-bond acceptors (Lipinski definition) is 3. The maximum atomic E-state index is 12.0. The van der Waals surface area contributed by atoms with Gasteiger partial charge in [-0.1, -0.05) is 38.5 Å². The Morgan fingerprint density at radius 2 is 1.67 bits per heavy atom. The molecule has 5 fully saturated rings. The molecule has 3 unspecified atom stereocenters. The largest absolute Gasteiger partial charge is 0.377 e. The number of hydrogen-bond donors (Lipinski definition) is 0. The predicted molar refractivity (Wildman–Crippen MR) is 108 cm³/mol. The Morgan fingerprint density at radius 1 is 0.889 bits per heavy atom. The summed E-state index contributed by atoms with van der Waals surface area (Å²) in [6.45, 7) is 1.95. The van der Waals surface area contributed by atoms with E-state index in [0.717, 1.165) is 37.8 Å². The summed E-state index contributed by atoms with van der Waals surface area (Å²) in [5.74, 6) is 2.53. The second-order valence-electron chi connectivity index (χ2n) is 10.6. The molecule has 3 heteroatoms. The molecule has 0 aromatic rings. The van der Waals surface area contributed by atoms with Crippen LogP contribution in [0.1, 0.15) is 96.3 Å². The summed E-state index contributed by atoms with van der Waals surface area (Å²) in [5.41, 5.74) is 0.397. The van der Waals surface area contributed by atoms with Crippen molar-refractivity contribution in [2.45, 2.75) is 114 Å². The Balaban J connectivity index is 1.02. The van der Waals surface area contributed by atoms with E-state index in [2.05, 4.69) is 4.90 Å². The van der Waals surface area contributed by atoms with Gasteiger partial charge >= 0.3 is 0 Å². The van der Waals surface area contributed by atoms with Gasteiger partial charge in [-0.05, 0) is 56.8 Å². The zero-order valence-electron chi connectivity index (χ0n) is 17.2. The van der Waals surface area contributed by atoms with Crippen molar-refractivity contribution in [3.63, 3.8) is 0 Å². The summed E-state index contributed by atoms with van der Waals surface area (Å²) >= 11 is 0. The molecule has 0 aromatic carbocycles. The third-order valence-electron chi connectivity index (χ3n) is 9.08. The van der Waals surface area contributed by atoms with E-state index >= 15 is 0 Å². The van der Waals surface area contributed by atoms with Crippen molar-refractivity contribution < 1.29 is 9.53 Å². The van der Waals surface area contributed by atoms with Crippen molar-refractivity contribution in [3.05, 3.63) is 0 Å². The van der Waals surface area contributed by atoms with Gasteiger partial charge in [-0.2, -0.15) is 0 Å². The van der Waals surface area contributed by atoms with Crippen molar-refractivity contribution in [2.75, 3.05) is 13.2 Å². The van der Waals surface area contributed by atoms with E-state index in [9.17, 15) is 4.79 Å². The molecule has 27 heavy (non-hydrogen) atoms. The maximum Gasteiger partial charge on any atom is 0.135 e. The second kappa shape index (κ2) is 7.78. The number of carbonyl (C=O) groups is 1. The Hall–Kier alpha value is -0.410. The summed E-state index contributed by atoms with van der Waals surface area (Å²) < 4.78 is 6.32. The first-order chi connectivity index (χ1) is 13.2. The van der Waals surface area contributed by atoms with Crippen molar-refractivity contribution in [2.24, 2.45) is 17.3 Å². The highest BCUT2D eigenvalue weighted by atomic mass is 16.5. The average Bonchev–Trinajstić information content (AvgIpc) is 3.19. The van der Waals surface area contributed by atoms with E-state index in [0.29, 0.717) is 29.4 Å². The monoisotopic (exact) mass is 373 g/mol. The molecule has 5 aliphatic rings. The van der Waals surface area contributed by atoms with Gasteiger partial charge in [0, 0.05) is 36.9 Å². The van der Waals surface area contributed by atoms with Crippen LogP contribution in [0.25, 0.3) is 0 Å². The molecule has 0 radical (unpaired) electrons. The fraction of sp³-hybridized carbons (Fsp3) is 0.958. The van der Waals surface area contributed by atoms with Crippen molar-refractivity contribution >= 4 is 5.78 Å². The van der Waals surface area contributed by atoms with Gasteiger partial charge in [0.25, 0.3) is 0 Å². The van der Waals surface area contributed by atoms with Gasteiger partial charge in [-0.25, -0.2) is 0 Å². The zero-order chi connectivity index (χ0) is 18.3. The molecule has 0 aromatic heterocycles. The van der Waals surface area contributed by atoms with Crippen LogP contribution in [0.3, 0.4) is 0 Å². The van der Waals surface area contributed by atoms with Crippen LogP contribution in [0.15, 0.2) is 0 Å². The minimum Gasteiger partial charge on any atom is -0.377 e. The summed E-state index contributed by atoms with van der Waals surface area (Å²) in [6, 6.07) is 1.26. The first-order valence-electron chi connectivity index (χ1n) is 12.1. The van der Waals surface area contributed by atoms with E-state index < -0.39 is 0 Å². The van der Waals surface area contributed by atoms with Gasteiger partial charge in [0.2, 0.25) is 0 Å². The molecule has 1 aliphatic heterocycles. The van der Waals surface area contributed by atoms with Crippen LogP contribution in [-0.4, -0.2) is 42.0 Å². The number of nitrogens with zero attached hydrogens (tertiary/aromatic N) is 1. The molecule has 0 bridgehead atoms. The van der Waals surface area contributed by atoms with E-state index in [1.54, 1.807) is 0 Å². The fourth-order valence-electron chi connectivity index (χ4n) is 7.79. The normalized spacial score (nSPS) is 42.7. The second-order valence-corrected chi connectivity index (χ2v) is 10.6. The van der Waals surface area contributed by atoms with E-state index in [4.69, 9.17) is 4.74 Å². The molecular weight excluding hydrogens is 334 g/mol. The first-order valence-corrected chi connectivity index (χ1v) is 12.1. The molecule has 3 atom stereocenters. The number of rotatable bonds is 6. The third-order valence-corrected chi connectivity index (χ3v) is 9.08. The standard InChI is InChI=1S/C24H39NO2/c26-20-16-23-24(17-20)12-4-7-22(24)25(23)13-14-27-21-10-8-19(9-11-21)15-18-5-2-1-3-6-18/h18-19,21-23H,1-17H2. The minimum absolute atomic E-state index is 0.397. The van der Waals surface area contributed by atoms with Gasteiger partial charge in [-0.3, -0.25) is 9.69 Å². The average molecular weight is 374 g/mol. The van der Waals surface area contributed by atoms with Crippen LogP contribution < -0.4 is 0 Å². The van der Waals surface area contributed by atoms with E-state index in [1.807, 2.05) is 0 Å². The topological polar surface area (TPSA) is 29.5 Å². The molecule has 5 rings (SSSR count). The maximum absolute atomic E-state index is 12.0. The molecule has 4 aliphatic carbocycles. The van der Waals surface area contributed by atoms with Gasteiger partial charge in [0.1, 0.15) is 5.78 Å². The molecule has 152 valence electrons. The van der Waals surface area contributed by atoms with Crippen molar-refractivity contribution in [3.8, 4) is 0 Å². The van der Waals surface area contributed by atoms with Crippen LogP contribution >= 0.6 is 0 Å². The molecule has 1 heterocycles. The fourth-order valence-corrected chi connectivity index (χ4v) is 7.79. The van der Waals surface area contributed by atoms with Crippen LogP contribution in [-0.2, 0) is 9.53 Å². The lowest BCUT2D eigenvalue weighted by Crippen LogP contribution is -2.67. The zero-order valence-corrected chi connectivity index (χ0v) is 17.2. The van der Waals surface area contributed by atoms with E-state index in [-0.39, 0.29) is 0 Å². The van der Waals surface area contributed by atoms with Crippen molar-refractivity contribution in [1.29, 1.82) is 0 Å². The van der Waals surface area contributed by atoms with Crippen LogP contribution in [0, 0.1) is 17.3 Å².